The van der Waals surface area contributed by atoms with E-state index in [9.17, 15) is 9.18 Å². The standard InChI is InChI=1S/C16H19FN2O3/c1-11(2)21-9-3-8-18-16(20)14-10-15(22-19-14)12-4-6-13(17)7-5-12/h4-7,10-11H,3,8-9H2,1-2H3,(H,18,20). The van der Waals surface area contributed by atoms with Crippen LogP contribution < -0.4 is 5.32 Å². The van der Waals surface area contributed by atoms with Gasteiger partial charge >= 0.3 is 0 Å². The summed E-state index contributed by atoms with van der Waals surface area (Å²) in [6.07, 6.45) is 0.913. The number of benzene rings is 1. The molecule has 22 heavy (non-hydrogen) atoms. The summed E-state index contributed by atoms with van der Waals surface area (Å²) in [4.78, 5) is 11.9. The van der Waals surface area contributed by atoms with Crippen LogP contribution in [0.15, 0.2) is 34.9 Å². The number of hydrogen-bond acceptors (Lipinski definition) is 4. The fourth-order valence-electron chi connectivity index (χ4n) is 1.82. The number of halogens is 1. The summed E-state index contributed by atoms with van der Waals surface area (Å²) < 4.78 is 23.4. The molecule has 5 nitrogen and oxygen atoms in total. The smallest absolute Gasteiger partial charge is 0.273 e. The van der Waals surface area contributed by atoms with E-state index in [1.165, 1.54) is 18.2 Å². The first kappa shape index (κ1) is 16.2. The van der Waals surface area contributed by atoms with E-state index in [1.807, 2.05) is 13.8 Å². The summed E-state index contributed by atoms with van der Waals surface area (Å²) in [5.74, 6) is -0.209. The van der Waals surface area contributed by atoms with Crippen molar-refractivity contribution in [1.82, 2.24) is 10.5 Å². The Morgan fingerprint density at radius 2 is 2.09 bits per heavy atom. The zero-order valence-electron chi connectivity index (χ0n) is 12.6. The normalized spacial score (nSPS) is 10.9. The Hall–Kier alpha value is -2.21. The first-order valence-corrected chi connectivity index (χ1v) is 7.18. The Labute approximate surface area is 128 Å². The maximum Gasteiger partial charge on any atom is 0.273 e. The lowest BCUT2D eigenvalue weighted by atomic mass is 10.1. The molecular formula is C16H19FN2O3. The van der Waals surface area contributed by atoms with E-state index >= 15 is 0 Å². The van der Waals surface area contributed by atoms with Crippen molar-refractivity contribution in [2.45, 2.75) is 26.4 Å². The Morgan fingerprint density at radius 3 is 2.77 bits per heavy atom. The largest absolute Gasteiger partial charge is 0.379 e. The Morgan fingerprint density at radius 1 is 1.36 bits per heavy atom. The van der Waals surface area contributed by atoms with Crippen LogP contribution in [0.2, 0.25) is 0 Å². The first-order chi connectivity index (χ1) is 10.6. The van der Waals surface area contributed by atoms with Crippen LogP contribution in [0.25, 0.3) is 11.3 Å². The second-order valence-electron chi connectivity index (χ2n) is 5.11. The van der Waals surface area contributed by atoms with E-state index in [-0.39, 0.29) is 23.5 Å². The van der Waals surface area contributed by atoms with E-state index in [4.69, 9.17) is 9.26 Å². The molecular weight excluding hydrogens is 287 g/mol. The summed E-state index contributed by atoms with van der Waals surface area (Å²) in [5, 5.41) is 6.48. The lowest BCUT2D eigenvalue weighted by Gasteiger charge is -2.07. The Kier molecular flexibility index (Phi) is 5.66. The second-order valence-corrected chi connectivity index (χ2v) is 5.11. The van der Waals surface area contributed by atoms with E-state index in [0.29, 0.717) is 24.5 Å². The van der Waals surface area contributed by atoms with E-state index in [2.05, 4.69) is 10.5 Å². The number of rotatable bonds is 7. The van der Waals surface area contributed by atoms with Crippen molar-refractivity contribution < 1.29 is 18.4 Å². The molecule has 2 aromatic rings. The third-order valence-electron chi connectivity index (χ3n) is 2.93. The van der Waals surface area contributed by atoms with Crippen LogP contribution in [0, 0.1) is 5.82 Å². The molecule has 0 saturated heterocycles. The number of aromatic nitrogens is 1. The minimum absolute atomic E-state index is 0.185. The van der Waals surface area contributed by atoms with Gasteiger partial charge in [-0.05, 0) is 44.5 Å². The molecule has 0 radical (unpaired) electrons. The molecule has 0 aliphatic rings. The molecule has 0 aliphatic heterocycles. The van der Waals surface area contributed by atoms with E-state index in [0.717, 1.165) is 6.42 Å². The number of carbonyl (C=O) groups excluding carboxylic acids is 1. The molecule has 0 spiro atoms. The molecule has 2 rings (SSSR count). The van der Waals surface area contributed by atoms with Gasteiger partial charge in [-0.3, -0.25) is 4.79 Å². The molecule has 0 fully saturated rings. The maximum absolute atomic E-state index is 12.9. The van der Waals surface area contributed by atoms with Gasteiger partial charge in [0.1, 0.15) is 5.82 Å². The highest BCUT2D eigenvalue weighted by Gasteiger charge is 2.13. The summed E-state index contributed by atoms with van der Waals surface area (Å²) in [6, 6.07) is 7.33. The number of nitrogens with one attached hydrogen (secondary N) is 1. The van der Waals surface area contributed by atoms with Gasteiger partial charge in [0.2, 0.25) is 0 Å². The van der Waals surface area contributed by atoms with Crippen LogP contribution in [-0.4, -0.2) is 30.3 Å². The highest BCUT2D eigenvalue weighted by Crippen LogP contribution is 2.20. The van der Waals surface area contributed by atoms with Crippen LogP contribution in [0.4, 0.5) is 4.39 Å². The molecule has 0 unspecified atom stereocenters. The highest BCUT2D eigenvalue weighted by molar-refractivity contribution is 5.93. The third kappa shape index (κ3) is 4.66. The van der Waals surface area contributed by atoms with Crippen molar-refractivity contribution in [1.29, 1.82) is 0 Å². The monoisotopic (exact) mass is 306 g/mol. The van der Waals surface area contributed by atoms with Gasteiger partial charge in [0.15, 0.2) is 11.5 Å². The molecule has 1 aromatic carbocycles. The minimum atomic E-state index is -0.329. The van der Waals surface area contributed by atoms with Gasteiger partial charge < -0.3 is 14.6 Å². The van der Waals surface area contributed by atoms with Crippen molar-refractivity contribution in [3.63, 3.8) is 0 Å². The average molecular weight is 306 g/mol. The van der Waals surface area contributed by atoms with Crippen molar-refractivity contribution in [2.75, 3.05) is 13.2 Å². The predicted octanol–water partition coefficient (Wildman–Crippen LogP) is 3.03. The summed E-state index contributed by atoms with van der Waals surface area (Å²) >= 11 is 0. The summed E-state index contributed by atoms with van der Waals surface area (Å²) in [5.41, 5.74) is 0.863. The van der Waals surface area contributed by atoms with Gasteiger partial charge in [-0.2, -0.15) is 0 Å². The summed E-state index contributed by atoms with van der Waals surface area (Å²) in [7, 11) is 0. The molecule has 1 aromatic heterocycles. The zero-order chi connectivity index (χ0) is 15.9. The van der Waals surface area contributed by atoms with E-state index < -0.39 is 0 Å². The van der Waals surface area contributed by atoms with Crippen LogP contribution in [0.3, 0.4) is 0 Å². The zero-order valence-corrected chi connectivity index (χ0v) is 12.6. The lowest BCUT2D eigenvalue weighted by molar-refractivity contribution is 0.0756. The molecule has 1 amide bonds. The van der Waals surface area contributed by atoms with Crippen LogP contribution in [-0.2, 0) is 4.74 Å². The van der Waals surface area contributed by atoms with Crippen LogP contribution in [0.1, 0.15) is 30.8 Å². The van der Waals surface area contributed by atoms with Crippen molar-refractivity contribution in [3.8, 4) is 11.3 Å². The number of ether oxygens (including phenoxy) is 1. The van der Waals surface area contributed by atoms with Gasteiger partial charge in [-0.25, -0.2) is 4.39 Å². The van der Waals surface area contributed by atoms with Gasteiger partial charge in [0.25, 0.3) is 5.91 Å². The van der Waals surface area contributed by atoms with Gasteiger partial charge in [0, 0.05) is 24.8 Å². The maximum atomic E-state index is 12.9. The van der Waals surface area contributed by atoms with E-state index in [1.54, 1.807) is 12.1 Å². The van der Waals surface area contributed by atoms with Crippen molar-refractivity contribution in [2.24, 2.45) is 0 Å². The van der Waals surface area contributed by atoms with Gasteiger partial charge in [-0.1, -0.05) is 5.16 Å². The SMILES string of the molecule is CC(C)OCCCNC(=O)c1cc(-c2ccc(F)cc2)on1. The molecule has 1 heterocycles. The van der Waals surface area contributed by atoms with Gasteiger partial charge in [0.05, 0.1) is 6.10 Å². The molecule has 0 atom stereocenters. The first-order valence-electron chi connectivity index (χ1n) is 7.18. The lowest BCUT2D eigenvalue weighted by Crippen LogP contribution is -2.25. The van der Waals surface area contributed by atoms with Crippen LogP contribution in [0.5, 0.6) is 0 Å². The molecule has 0 saturated carbocycles. The van der Waals surface area contributed by atoms with Gasteiger partial charge in [-0.15, -0.1) is 0 Å². The number of nitrogens with zero attached hydrogens (tertiary/aromatic N) is 1. The van der Waals surface area contributed by atoms with Crippen LogP contribution >= 0.6 is 0 Å². The predicted molar refractivity (Wildman–Crippen MR) is 79.9 cm³/mol. The number of hydrogen-bond donors (Lipinski definition) is 1. The molecule has 6 heteroatoms. The quantitative estimate of drug-likeness (QED) is 0.799. The number of amides is 1. The van der Waals surface area contributed by atoms with Crippen molar-refractivity contribution >= 4 is 5.91 Å². The highest BCUT2D eigenvalue weighted by atomic mass is 19.1. The Bertz CT molecular complexity index is 608. The summed E-state index contributed by atoms with van der Waals surface area (Å²) in [6.45, 7) is 5.03. The Balaban J connectivity index is 1.85. The minimum Gasteiger partial charge on any atom is -0.379 e. The number of carbonyl (C=O) groups is 1. The fourth-order valence-corrected chi connectivity index (χ4v) is 1.82. The topological polar surface area (TPSA) is 64.4 Å². The molecule has 118 valence electrons. The molecule has 0 aliphatic carbocycles. The second kappa shape index (κ2) is 7.70. The molecule has 0 bridgehead atoms. The molecule has 1 N–H and O–H groups in total. The van der Waals surface area contributed by atoms with Crippen molar-refractivity contribution in [3.05, 3.63) is 41.8 Å². The fraction of sp³-hybridized carbons (Fsp3) is 0.375. The third-order valence-corrected chi connectivity index (χ3v) is 2.93. The average Bonchev–Trinajstić information content (AvgIpc) is 2.97.